The van der Waals surface area contributed by atoms with Gasteiger partial charge in [0.05, 0.1) is 68.9 Å². The highest BCUT2D eigenvalue weighted by molar-refractivity contribution is 6.11. The van der Waals surface area contributed by atoms with Crippen LogP contribution >= 0.6 is 0 Å². The van der Waals surface area contributed by atoms with E-state index in [1.54, 1.807) is 12.1 Å². The van der Waals surface area contributed by atoms with E-state index in [0.29, 0.717) is 22.3 Å². The lowest BCUT2D eigenvalue weighted by molar-refractivity contribution is 0.629. The van der Waals surface area contributed by atoms with Crippen molar-refractivity contribution in [3.63, 3.8) is 0 Å². The molecule has 0 bridgehead atoms. The second kappa shape index (κ2) is 13.6. The number of nitriles is 4. The fourth-order valence-corrected chi connectivity index (χ4v) is 10.3. The molecule has 0 N–H and O–H groups in total. The Labute approximate surface area is 355 Å². The van der Waals surface area contributed by atoms with Crippen molar-refractivity contribution < 1.29 is 0 Å². The van der Waals surface area contributed by atoms with E-state index in [2.05, 4.69) is 157 Å². The molecule has 4 atom stereocenters. The summed E-state index contributed by atoms with van der Waals surface area (Å²) in [5.74, 6) is 1.07. The van der Waals surface area contributed by atoms with Gasteiger partial charge in [0, 0.05) is 27.6 Å². The summed E-state index contributed by atoms with van der Waals surface area (Å²) in [6.45, 7) is 4.68. The van der Waals surface area contributed by atoms with E-state index in [1.165, 1.54) is 33.0 Å². The molecule has 0 radical (unpaired) electrons. The zero-order valence-corrected chi connectivity index (χ0v) is 33.8. The van der Waals surface area contributed by atoms with Crippen molar-refractivity contribution in [2.24, 2.45) is 0 Å². The van der Waals surface area contributed by atoms with Crippen LogP contribution in [0.3, 0.4) is 0 Å². The van der Waals surface area contributed by atoms with Gasteiger partial charge in [0.2, 0.25) is 0 Å². The monoisotopic (exact) mass is 782 g/mol. The molecule has 6 heteroatoms. The summed E-state index contributed by atoms with van der Waals surface area (Å²) in [5, 5.41) is 41.2. The number of hydrogen-bond donors (Lipinski definition) is 0. The summed E-state index contributed by atoms with van der Waals surface area (Å²) in [4.78, 5) is 2.44. The van der Waals surface area contributed by atoms with Gasteiger partial charge in [0.25, 0.3) is 0 Å². The van der Waals surface area contributed by atoms with E-state index in [0.717, 1.165) is 57.8 Å². The van der Waals surface area contributed by atoms with Crippen molar-refractivity contribution in [2.75, 3.05) is 4.90 Å². The summed E-state index contributed by atoms with van der Waals surface area (Å²) < 4.78 is 2.35. The van der Waals surface area contributed by atoms with Crippen LogP contribution in [0.1, 0.15) is 106 Å². The zero-order valence-electron chi connectivity index (χ0n) is 33.8. The van der Waals surface area contributed by atoms with Crippen molar-refractivity contribution in [1.82, 2.24) is 4.57 Å². The van der Waals surface area contributed by atoms with Gasteiger partial charge >= 0.3 is 0 Å². The summed E-state index contributed by atoms with van der Waals surface area (Å²) in [6, 6.07) is 60.2. The molecule has 2 saturated carbocycles. The van der Waals surface area contributed by atoms with Crippen LogP contribution in [-0.4, -0.2) is 4.57 Å². The van der Waals surface area contributed by atoms with Crippen LogP contribution in [0.5, 0.6) is 0 Å². The van der Waals surface area contributed by atoms with E-state index in [4.69, 9.17) is 0 Å². The lowest BCUT2D eigenvalue weighted by Gasteiger charge is -2.42. The minimum atomic E-state index is -0.348. The fraction of sp³-hybridized carbons (Fsp3) is 0.164. The number of benzene rings is 7. The third-order valence-electron chi connectivity index (χ3n) is 13.5. The van der Waals surface area contributed by atoms with Crippen LogP contribution in [0, 0.1) is 45.3 Å². The molecule has 4 unspecified atom stereocenters. The Morgan fingerprint density at radius 2 is 0.918 bits per heavy atom. The second-order valence-corrected chi connectivity index (χ2v) is 17.4. The van der Waals surface area contributed by atoms with E-state index in [-0.39, 0.29) is 29.1 Å². The van der Waals surface area contributed by atoms with Gasteiger partial charge in [-0.2, -0.15) is 21.0 Å². The smallest absolute Gasteiger partial charge is 0.0992 e. The van der Waals surface area contributed by atoms with Gasteiger partial charge in [-0.05, 0) is 155 Å². The highest BCUT2D eigenvalue weighted by Crippen LogP contribution is 2.60. The summed E-state index contributed by atoms with van der Waals surface area (Å²) in [7, 11) is 0. The van der Waals surface area contributed by atoms with E-state index < -0.39 is 0 Å². The minimum absolute atomic E-state index is 0.248. The molecule has 2 heterocycles. The predicted molar refractivity (Wildman–Crippen MR) is 240 cm³/mol. The van der Waals surface area contributed by atoms with Crippen molar-refractivity contribution in [1.29, 1.82) is 21.0 Å². The third kappa shape index (κ3) is 5.80. The molecule has 7 aromatic carbocycles. The Balaban J connectivity index is 1.05. The maximum absolute atomic E-state index is 9.70. The maximum atomic E-state index is 9.70. The Morgan fingerprint density at radius 1 is 0.443 bits per heavy atom. The quantitative estimate of drug-likeness (QED) is 0.167. The number of anilines is 3. The first kappa shape index (κ1) is 36.2. The zero-order chi connectivity index (χ0) is 41.6. The maximum Gasteiger partial charge on any atom is 0.0992 e. The number of aromatic nitrogens is 1. The van der Waals surface area contributed by atoms with E-state index in [1.807, 2.05) is 24.3 Å². The summed E-state index contributed by atoms with van der Waals surface area (Å²) >= 11 is 0. The van der Waals surface area contributed by atoms with Gasteiger partial charge in [0.1, 0.15) is 0 Å². The van der Waals surface area contributed by atoms with Gasteiger partial charge in [0.15, 0.2) is 0 Å². The Bertz CT molecular complexity index is 3120. The molecule has 6 nitrogen and oxygen atoms in total. The van der Waals surface area contributed by atoms with Gasteiger partial charge in [-0.15, -0.1) is 0 Å². The van der Waals surface area contributed by atoms with Gasteiger partial charge in [-0.3, -0.25) is 0 Å². The highest BCUT2D eigenvalue weighted by Gasteiger charge is 2.45. The molecule has 0 spiro atoms. The fourth-order valence-electron chi connectivity index (χ4n) is 10.3. The van der Waals surface area contributed by atoms with E-state index in [9.17, 15) is 21.0 Å². The molecule has 0 saturated heterocycles. The van der Waals surface area contributed by atoms with Crippen molar-refractivity contribution in [3.05, 3.63) is 201 Å². The Morgan fingerprint density at radius 3 is 1.44 bits per heavy atom. The molecule has 2 aliphatic carbocycles. The summed E-state index contributed by atoms with van der Waals surface area (Å²) in [5.41, 5.74) is 15.7. The second-order valence-electron chi connectivity index (χ2n) is 17.4. The SMILES string of the molecule is CC1(C)c2cc(C3CC3c3cc(C#N)cc(C#N)c3)ccc2N(c2ccc3c(c2)c2ccccc2n3-c2ccccc2)c2ccc(C3CC3c3cc(C#N)cc(C#N)c3)cc21. The molecule has 8 aromatic rings. The van der Waals surface area contributed by atoms with Gasteiger partial charge < -0.3 is 9.47 Å². The van der Waals surface area contributed by atoms with Gasteiger partial charge in [-0.25, -0.2) is 0 Å². The van der Waals surface area contributed by atoms with Crippen molar-refractivity contribution >= 4 is 38.9 Å². The topological polar surface area (TPSA) is 103 Å². The average molecular weight is 783 g/mol. The number of fused-ring (bicyclic) bond motifs is 5. The summed E-state index contributed by atoms with van der Waals surface area (Å²) in [6.07, 6.45) is 1.93. The number of nitrogens with zero attached hydrogens (tertiary/aromatic N) is 6. The molecule has 1 aliphatic heterocycles. The van der Waals surface area contributed by atoms with Crippen molar-refractivity contribution in [2.45, 2.75) is 55.8 Å². The Kier molecular flexibility index (Phi) is 8.06. The molecule has 288 valence electrons. The number of hydrogen-bond acceptors (Lipinski definition) is 5. The number of para-hydroxylation sites is 2. The first-order valence-corrected chi connectivity index (χ1v) is 20.9. The molecular weight excluding hydrogens is 745 g/mol. The minimum Gasteiger partial charge on any atom is -0.310 e. The van der Waals surface area contributed by atoms with Crippen LogP contribution in [-0.2, 0) is 5.41 Å². The number of rotatable bonds is 6. The molecule has 3 aliphatic rings. The van der Waals surface area contributed by atoms with Crippen LogP contribution in [0.25, 0.3) is 27.5 Å². The molecule has 1 aromatic heterocycles. The molecule has 2 fully saturated rings. The van der Waals surface area contributed by atoms with Crippen LogP contribution in [0.4, 0.5) is 17.1 Å². The molecule has 11 rings (SSSR count). The predicted octanol–water partition coefficient (Wildman–Crippen LogP) is 12.9. The largest absolute Gasteiger partial charge is 0.310 e. The Hall–Kier alpha value is -7.90. The molecule has 61 heavy (non-hydrogen) atoms. The van der Waals surface area contributed by atoms with Gasteiger partial charge in [-0.1, -0.05) is 74.5 Å². The molecular formula is C55H38N6. The van der Waals surface area contributed by atoms with Crippen molar-refractivity contribution in [3.8, 4) is 30.0 Å². The average Bonchev–Trinajstić information content (AvgIpc) is 4.25. The first-order chi connectivity index (χ1) is 29.8. The van der Waals surface area contributed by atoms with Crippen LogP contribution < -0.4 is 4.90 Å². The molecule has 0 amide bonds. The highest BCUT2D eigenvalue weighted by atomic mass is 15.2. The van der Waals surface area contributed by atoms with Crippen LogP contribution in [0.15, 0.2) is 146 Å². The third-order valence-corrected chi connectivity index (χ3v) is 13.5. The first-order valence-electron chi connectivity index (χ1n) is 20.9. The van der Waals surface area contributed by atoms with E-state index >= 15 is 0 Å². The standard InChI is InChI=1S/C55H38N6/c1-55(2)49-24-37(44-27-46(44)39-20-33(29-56)18-34(21-39)30-57)12-15-53(49)61(42-14-17-52-48(26-42)43-10-6-7-11-51(43)60(52)41-8-4-3-5-9-41)54-16-13-38(25-50(54)55)45-28-47(45)40-22-35(31-58)19-36(23-40)32-59/h3-26,44-47H,27-28H2,1-2H3. The lowest BCUT2D eigenvalue weighted by Crippen LogP contribution is -2.31. The lowest BCUT2D eigenvalue weighted by atomic mass is 9.72. The normalized spacial score (nSPS) is 19.2. The van der Waals surface area contributed by atoms with Crippen LogP contribution in [0.2, 0.25) is 0 Å².